The van der Waals surface area contributed by atoms with Crippen LogP contribution in [0.5, 0.6) is 0 Å². The Bertz CT molecular complexity index is 375. The molecule has 0 unspecified atom stereocenters. The second-order valence-electron chi connectivity index (χ2n) is 3.95. The van der Waals surface area contributed by atoms with Crippen molar-refractivity contribution in [2.75, 3.05) is 13.1 Å². The maximum absolute atomic E-state index is 11.7. The van der Waals surface area contributed by atoms with Crippen LogP contribution >= 0.6 is 0 Å². The number of nitrogens with zero attached hydrogens (tertiary/aromatic N) is 1. The lowest BCUT2D eigenvalue weighted by molar-refractivity contribution is -0.147. The van der Waals surface area contributed by atoms with Crippen molar-refractivity contribution in [3.63, 3.8) is 0 Å². The van der Waals surface area contributed by atoms with Gasteiger partial charge in [0.1, 0.15) is 13.1 Å². The van der Waals surface area contributed by atoms with Gasteiger partial charge in [0.2, 0.25) is 17.7 Å². The van der Waals surface area contributed by atoms with Crippen LogP contribution in [-0.2, 0) is 19.2 Å². The van der Waals surface area contributed by atoms with E-state index in [1.807, 2.05) is 0 Å². The zero-order chi connectivity index (χ0) is 11.9. The molecule has 86 valence electrons. The topological polar surface area (TPSA) is 104 Å². The number of carbonyl (C=O) groups excluding carboxylic acids is 3. The lowest BCUT2D eigenvalue weighted by Crippen LogP contribution is -2.53. The number of carboxylic acids is 1. The van der Waals surface area contributed by atoms with Crippen LogP contribution in [0, 0.1) is 11.8 Å². The Morgan fingerprint density at radius 2 is 1.75 bits per heavy atom. The summed E-state index contributed by atoms with van der Waals surface area (Å²) in [6.45, 7) is -0.346. The van der Waals surface area contributed by atoms with Gasteiger partial charge >= 0.3 is 5.97 Å². The summed E-state index contributed by atoms with van der Waals surface area (Å²) < 4.78 is 0. The van der Waals surface area contributed by atoms with Crippen molar-refractivity contribution in [1.29, 1.82) is 0 Å². The molecule has 0 aromatic heterocycles. The van der Waals surface area contributed by atoms with E-state index >= 15 is 0 Å². The van der Waals surface area contributed by atoms with Crippen LogP contribution < -0.4 is 5.32 Å². The first-order valence-corrected chi connectivity index (χ1v) is 4.83. The minimum absolute atomic E-state index is 0.173. The zero-order valence-electron chi connectivity index (χ0n) is 8.30. The van der Waals surface area contributed by atoms with Crippen molar-refractivity contribution in [2.45, 2.75) is 6.42 Å². The predicted molar refractivity (Wildman–Crippen MR) is 49.0 cm³/mol. The average Bonchev–Trinajstić information content (AvgIpc) is 2.94. The van der Waals surface area contributed by atoms with Crippen molar-refractivity contribution in [3.8, 4) is 0 Å². The molecule has 2 rings (SSSR count). The van der Waals surface area contributed by atoms with Gasteiger partial charge in [-0.25, -0.2) is 0 Å². The lowest BCUT2D eigenvalue weighted by Gasteiger charge is -2.25. The Labute approximate surface area is 90.4 Å². The standard InChI is InChI=1S/C9H10N2O5/c12-6-2-11(3-7(13)10-6)8(14)4-1-5(4)9(15)16/h4-5H,1-3H2,(H,15,16)(H,10,12,13)/t4-,5+/m1/s1. The molecule has 0 aromatic carbocycles. The molecule has 2 aliphatic rings. The van der Waals surface area contributed by atoms with Crippen LogP contribution in [0.4, 0.5) is 0 Å². The third-order valence-corrected chi connectivity index (χ3v) is 2.68. The molecule has 16 heavy (non-hydrogen) atoms. The summed E-state index contributed by atoms with van der Waals surface area (Å²) in [5.41, 5.74) is 0. The van der Waals surface area contributed by atoms with E-state index in [2.05, 4.69) is 5.32 Å². The molecule has 1 heterocycles. The fourth-order valence-corrected chi connectivity index (χ4v) is 1.77. The number of rotatable bonds is 2. The SMILES string of the molecule is O=C1CN(C(=O)[C@@H]2C[C@@H]2C(=O)O)CC(=O)N1. The van der Waals surface area contributed by atoms with E-state index in [9.17, 15) is 19.2 Å². The molecule has 2 fully saturated rings. The van der Waals surface area contributed by atoms with Gasteiger partial charge in [0.15, 0.2) is 0 Å². The van der Waals surface area contributed by atoms with E-state index in [4.69, 9.17) is 5.11 Å². The number of amides is 3. The molecule has 1 aliphatic carbocycles. The van der Waals surface area contributed by atoms with E-state index < -0.39 is 35.5 Å². The van der Waals surface area contributed by atoms with E-state index in [0.717, 1.165) is 4.90 Å². The van der Waals surface area contributed by atoms with Gasteiger partial charge < -0.3 is 10.0 Å². The van der Waals surface area contributed by atoms with Crippen LogP contribution in [0.3, 0.4) is 0 Å². The van der Waals surface area contributed by atoms with Crippen LogP contribution in [0.15, 0.2) is 0 Å². The molecule has 1 saturated carbocycles. The molecular weight excluding hydrogens is 216 g/mol. The number of imide groups is 1. The minimum atomic E-state index is -1.01. The highest BCUT2D eigenvalue weighted by molar-refractivity contribution is 6.03. The Kier molecular flexibility index (Phi) is 2.37. The smallest absolute Gasteiger partial charge is 0.307 e. The van der Waals surface area contributed by atoms with Crippen molar-refractivity contribution in [2.24, 2.45) is 11.8 Å². The van der Waals surface area contributed by atoms with Crippen molar-refractivity contribution < 1.29 is 24.3 Å². The summed E-state index contributed by atoms with van der Waals surface area (Å²) in [5, 5.41) is 10.7. The molecular formula is C9H10N2O5. The summed E-state index contributed by atoms with van der Waals surface area (Å²) in [6.07, 6.45) is 0.292. The van der Waals surface area contributed by atoms with E-state index in [-0.39, 0.29) is 13.1 Å². The first-order chi connectivity index (χ1) is 7.49. The predicted octanol–water partition coefficient (Wildman–Crippen LogP) is -1.81. The molecule has 1 saturated heterocycles. The first-order valence-electron chi connectivity index (χ1n) is 4.83. The average molecular weight is 226 g/mol. The summed E-state index contributed by atoms with van der Waals surface area (Å²) in [7, 11) is 0. The van der Waals surface area contributed by atoms with Gasteiger partial charge in [-0.05, 0) is 6.42 Å². The van der Waals surface area contributed by atoms with E-state index in [1.54, 1.807) is 0 Å². The third kappa shape index (κ3) is 1.88. The monoisotopic (exact) mass is 226 g/mol. The molecule has 0 spiro atoms. The Morgan fingerprint density at radius 3 is 2.19 bits per heavy atom. The number of hydrogen-bond donors (Lipinski definition) is 2. The molecule has 0 radical (unpaired) electrons. The van der Waals surface area contributed by atoms with Gasteiger partial charge in [-0.15, -0.1) is 0 Å². The minimum Gasteiger partial charge on any atom is -0.481 e. The molecule has 0 aromatic rings. The van der Waals surface area contributed by atoms with Crippen molar-refractivity contribution in [3.05, 3.63) is 0 Å². The Hall–Kier alpha value is -1.92. The summed E-state index contributed by atoms with van der Waals surface area (Å²) in [5.74, 6) is -3.72. The molecule has 7 nitrogen and oxygen atoms in total. The largest absolute Gasteiger partial charge is 0.481 e. The molecule has 2 N–H and O–H groups in total. The van der Waals surface area contributed by atoms with Gasteiger partial charge in [0, 0.05) is 0 Å². The number of hydrogen-bond acceptors (Lipinski definition) is 4. The normalized spacial score (nSPS) is 28.6. The number of carbonyl (C=O) groups is 4. The van der Waals surface area contributed by atoms with Crippen LogP contribution in [0.25, 0.3) is 0 Å². The quantitative estimate of drug-likeness (QED) is 0.540. The van der Waals surface area contributed by atoms with E-state index in [0.29, 0.717) is 6.42 Å². The van der Waals surface area contributed by atoms with Crippen molar-refractivity contribution >= 4 is 23.7 Å². The summed E-state index contributed by atoms with van der Waals surface area (Å²) >= 11 is 0. The Balaban J connectivity index is 1.98. The molecule has 1 aliphatic heterocycles. The lowest BCUT2D eigenvalue weighted by atomic mass is 10.2. The van der Waals surface area contributed by atoms with E-state index in [1.165, 1.54) is 0 Å². The van der Waals surface area contributed by atoms with Gasteiger partial charge in [0.25, 0.3) is 0 Å². The van der Waals surface area contributed by atoms with Crippen LogP contribution in [-0.4, -0.2) is 46.8 Å². The maximum atomic E-state index is 11.7. The first kappa shape index (κ1) is 10.6. The highest BCUT2D eigenvalue weighted by Gasteiger charge is 2.50. The second-order valence-corrected chi connectivity index (χ2v) is 3.95. The molecule has 2 atom stereocenters. The van der Waals surface area contributed by atoms with Crippen molar-refractivity contribution in [1.82, 2.24) is 10.2 Å². The maximum Gasteiger partial charge on any atom is 0.307 e. The summed E-state index contributed by atoms with van der Waals surface area (Å²) in [6, 6.07) is 0. The number of nitrogens with one attached hydrogen (secondary N) is 1. The Morgan fingerprint density at radius 1 is 1.19 bits per heavy atom. The molecule has 7 heteroatoms. The fraction of sp³-hybridized carbons (Fsp3) is 0.556. The zero-order valence-corrected chi connectivity index (χ0v) is 8.30. The van der Waals surface area contributed by atoms with Gasteiger partial charge in [-0.3, -0.25) is 24.5 Å². The number of piperazine rings is 1. The highest BCUT2D eigenvalue weighted by Crippen LogP contribution is 2.40. The molecule has 0 bridgehead atoms. The van der Waals surface area contributed by atoms with Crippen LogP contribution in [0.1, 0.15) is 6.42 Å². The van der Waals surface area contributed by atoms with Gasteiger partial charge in [-0.2, -0.15) is 0 Å². The summed E-state index contributed by atoms with van der Waals surface area (Å²) in [4.78, 5) is 45.4. The van der Waals surface area contributed by atoms with Gasteiger partial charge in [-0.1, -0.05) is 0 Å². The van der Waals surface area contributed by atoms with Crippen LogP contribution in [0.2, 0.25) is 0 Å². The van der Waals surface area contributed by atoms with Gasteiger partial charge in [0.05, 0.1) is 11.8 Å². The number of aliphatic carboxylic acids is 1. The second kappa shape index (κ2) is 3.58. The highest BCUT2D eigenvalue weighted by atomic mass is 16.4. The molecule has 3 amide bonds. The fourth-order valence-electron chi connectivity index (χ4n) is 1.77. The number of carboxylic acid groups (broad SMARTS) is 1. The third-order valence-electron chi connectivity index (χ3n) is 2.68.